The molecule has 0 radical (unpaired) electrons. The third-order valence-electron chi connectivity index (χ3n) is 4.44. The van der Waals surface area contributed by atoms with Gasteiger partial charge in [0.15, 0.2) is 0 Å². The zero-order chi connectivity index (χ0) is 15.2. The summed E-state index contributed by atoms with van der Waals surface area (Å²) in [5, 5.41) is 2.98. The molecule has 120 valence electrons. The van der Waals surface area contributed by atoms with Crippen LogP contribution in [0.4, 0.5) is 4.79 Å². The van der Waals surface area contributed by atoms with Gasteiger partial charge in [-0.2, -0.15) is 0 Å². The van der Waals surface area contributed by atoms with E-state index in [9.17, 15) is 9.59 Å². The summed E-state index contributed by atoms with van der Waals surface area (Å²) in [7, 11) is 0. The lowest BCUT2D eigenvalue weighted by atomic mass is 9.95. The molecule has 2 rings (SSSR count). The first-order valence-corrected chi connectivity index (χ1v) is 8.03. The van der Waals surface area contributed by atoms with E-state index in [4.69, 9.17) is 4.74 Å². The molecule has 0 bridgehead atoms. The molecule has 0 spiro atoms. The van der Waals surface area contributed by atoms with E-state index in [1.807, 2.05) is 16.7 Å². The Kier molecular flexibility index (Phi) is 5.85. The van der Waals surface area contributed by atoms with Crippen LogP contribution >= 0.6 is 0 Å². The van der Waals surface area contributed by atoms with Gasteiger partial charge in [0.1, 0.15) is 0 Å². The van der Waals surface area contributed by atoms with Crippen LogP contribution in [0.5, 0.6) is 0 Å². The number of carbonyl (C=O) groups excluding carboxylic acids is 2. The molecular weight excluding hydrogens is 270 g/mol. The molecule has 1 unspecified atom stereocenters. The van der Waals surface area contributed by atoms with Crippen molar-refractivity contribution in [2.75, 3.05) is 39.4 Å². The lowest BCUT2D eigenvalue weighted by Crippen LogP contribution is -2.50. The Hall–Kier alpha value is -1.30. The predicted octanol–water partition coefficient (Wildman–Crippen LogP) is 1.07. The number of likely N-dealkylation sites (tertiary alicyclic amines) is 1. The van der Waals surface area contributed by atoms with E-state index >= 15 is 0 Å². The SMILES string of the molecule is CCC(C)NC(=O)N1CCC(C(=O)N2CCOCC2)CC1. The Morgan fingerprint density at radius 1 is 1.14 bits per heavy atom. The highest BCUT2D eigenvalue weighted by Gasteiger charge is 2.30. The van der Waals surface area contributed by atoms with Crippen molar-refractivity contribution in [2.45, 2.75) is 39.2 Å². The summed E-state index contributed by atoms with van der Waals surface area (Å²) < 4.78 is 5.28. The summed E-state index contributed by atoms with van der Waals surface area (Å²) in [5.41, 5.74) is 0. The van der Waals surface area contributed by atoms with Crippen molar-refractivity contribution in [1.82, 2.24) is 15.1 Å². The molecule has 2 aliphatic heterocycles. The Labute approximate surface area is 126 Å². The molecule has 1 atom stereocenters. The van der Waals surface area contributed by atoms with Gasteiger partial charge >= 0.3 is 6.03 Å². The maximum absolute atomic E-state index is 12.4. The van der Waals surface area contributed by atoms with Gasteiger partial charge in [0.05, 0.1) is 13.2 Å². The normalized spacial score (nSPS) is 22.0. The fraction of sp³-hybridized carbons (Fsp3) is 0.867. The first-order valence-electron chi connectivity index (χ1n) is 8.03. The van der Waals surface area contributed by atoms with Crippen molar-refractivity contribution in [3.63, 3.8) is 0 Å². The Bertz CT molecular complexity index is 361. The van der Waals surface area contributed by atoms with Crippen molar-refractivity contribution < 1.29 is 14.3 Å². The lowest BCUT2D eigenvalue weighted by Gasteiger charge is -2.35. The van der Waals surface area contributed by atoms with E-state index in [-0.39, 0.29) is 23.9 Å². The number of nitrogens with zero attached hydrogens (tertiary/aromatic N) is 2. The number of amides is 3. The number of ether oxygens (including phenoxy) is 1. The van der Waals surface area contributed by atoms with Crippen LogP contribution in [-0.4, -0.2) is 67.2 Å². The minimum Gasteiger partial charge on any atom is -0.378 e. The van der Waals surface area contributed by atoms with Crippen molar-refractivity contribution in [2.24, 2.45) is 5.92 Å². The molecule has 0 aromatic rings. The first-order chi connectivity index (χ1) is 10.1. The van der Waals surface area contributed by atoms with Crippen molar-refractivity contribution in [3.8, 4) is 0 Å². The Balaban J connectivity index is 1.77. The maximum Gasteiger partial charge on any atom is 0.317 e. The van der Waals surface area contributed by atoms with Crippen LogP contribution < -0.4 is 5.32 Å². The van der Waals surface area contributed by atoms with E-state index in [1.54, 1.807) is 0 Å². The molecule has 0 saturated carbocycles. The van der Waals surface area contributed by atoms with Crippen LogP contribution in [0.15, 0.2) is 0 Å². The maximum atomic E-state index is 12.4. The number of hydrogen-bond acceptors (Lipinski definition) is 3. The quantitative estimate of drug-likeness (QED) is 0.847. The molecule has 6 heteroatoms. The van der Waals surface area contributed by atoms with Gasteiger partial charge in [-0.15, -0.1) is 0 Å². The fourth-order valence-corrected chi connectivity index (χ4v) is 2.78. The molecule has 1 N–H and O–H groups in total. The summed E-state index contributed by atoms with van der Waals surface area (Å²) in [4.78, 5) is 28.2. The minimum atomic E-state index is 0.00150. The predicted molar refractivity (Wildman–Crippen MR) is 80.0 cm³/mol. The Morgan fingerprint density at radius 2 is 1.76 bits per heavy atom. The van der Waals surface area contributed by atoms with Crippen LogP contribution in [0.1, 0.15) is 33.1 Å². The number of hydrogen-bond donors (Lipinski definition) is 1. The molecule has 6 nitrogen and oxygen atoms in total. The average Bonchev–Trinajstić information content (AvgIpc) is 2.55. The molecular formula is C15H27N3O3. The summed E-state index contributed by atoms with van der Waals surface area (Å²) in [6.45, 7) is 8.09. The van der Waals surface area contributed by atoms with Gasteiger partial charge in [-0.25, -0.2) is 4.79 Å². The van der Waals surface area contributed by atoms with Crippen LogP contribution in [0.3, 0.4) is 0 Å². The van der Waals surface area contributed by atoms with Gasteiger partial charge in [0, 0.05) is 38.1 Å². The summed E-state index contributed by atoms with van der Waals surface area (Å²) in [6.07, 6.45) is 2.46. The van der Waals surface area contributed by atoms with Gasteiger partial charge in [-0.05, 0) is 26.2 Å². The molecule has 21 heavy (non-hydrogen) atoms. The number of urea groups is 1. The van der Waals surface area contributed by atoms with E-state index in [1.165, 1.54) is 0 Å². The molecule has 0 aromatic carbocycles. The highest BCUT2D eigenvalue weighted by atomic mass is 16.5. The molecule has 2 heterocycles. The smallest absolute Gasteiger partial charge is 0.317 e. The van der Waals surface area contributed by atoms with Gasteiger partial charge in [-0.1, -0.05) is 6.92 Å². The van der Waals surface area contributed by atoms with Gasteiger partial charge in [0.25, 0.3) is 0 Å². The van der Waals surface area contributed by atoms with Crippen LogP contribution in [0.2, 0.25) is 0 Å². The number of carbonyl (C=O) groups is 2. The molecule has 2 saturated heterocycles. The second-order valence-corrected chi connectivity index (χ2v) is 5.96. The van der Waals surface area contributed by atoms with E-state index in [2.05, 4.69) is 12.2 Å². The largest absolute Gasteiger partial charge is 0.378 e. The third-order valence-corrected chi connectivity index (χ3v) is 4.44. The van der Waals surface area contributed by atoms with Gasteiger partial charge < -0.3 is 19.9 Å². The second-order valence-electron chi connectivity index (χ2n) is 5.96. The topological polar surface area (TPSA) is 61.9 Å². The number of nitrogens with one attached hydrogen (secondary N) is 1. The van der Waals surface area contributed by atoms with Crippen molar-refractivity contribution in [1.29, 1.82) is 0 Å². The van der Waals surface area contributed by atoms with E-state index in [0.29, 0.717) is 39.4 Å². The molecule has 0 aliphatic carbocycles. The number of piperidine rings is 1. The van der Waals surface area contributed by atoms with Gasteiger partial charge in [-0.3, -0.25) is 4.79 Å². The highest BCUT2D eigenvalue weighted by Crippen LogP contribution is 2.20. The van der Waals surface area contributed by atoms with Gasteiger partial charge in [0.2, 0.25) is 5.91 Å². The lowest BCUT2D eigenvalue weighted by molar-refractivity contribution is -0.141. The van der Waals surface area contributed by atoms with Crippen molar-refractivity contribution >= 4 is 11.9 Å². The standard InChI is InChI=1S/C15H27N3O3/c1-3-12(2)16-15(20)18-6-4-13(5-7-18)14(19)17-8-10-21-11-9-17/h12-13H,3-11H2,1-2H3,(H,16,20). The number of morpholine rings is 1. The van der Waals surface area contributed by atoms with E-state index in [0.717, 1.165) is 19.3 Å². The minimum absolute atomic E-state index is 0.00150. The third kappa shape index (κ3) is 4.33. The highest BCUT2D eigenvalue weighted by molar-refractivity contribution is 5.80. The molecule has 3 amide bonds. The van der Waals surface area contributed by atoms with Crippen LogP contribution in [0.25, 0.3) is 0 Å². The second kappa shape index (κ2) is 7.64. The summed E-state index contributed by atoms with van der Waals surface area (Å²) in [6, 6.07) is 0.201. The zero-order valence-electron chi connectivity index (χ0n) is 13.1. The van der Waals surface area contributed by atoms with Crippen LogP contribution in [0, 0.1) is 5.92 Å². The van der Waals surface area contributed by atoms with Crippen molar-refractivity contribution in [3.05, 3.63) is 0 Å². The first kappa shape index (κ1) is 16.1. The fourth-order valence-electron chi connectivity index (χ4n) is 2.78. The molecule has 0 aromatic heterocycles. The molecule has 2 fully saturated rings. The monoisotopic (exact) mass is 297 g/mol. The molecule has 2 aliphatic rings. The zero-order valence-corrected chi connectivity index (χ0v) is 13.1. The average molecular weight is 297 g/mol. The van der Waals surface area contributed by atoms with Crippen LogP contribution in [-0.2, 0) is 9.53 Å². The number of rotatable bonds is 3. The summed E-state index contributed by atoms with van der Waals surface area (Å²) in [5.74, 6) is 0.302. The van der Waals surface area contributed by atoms with E-state index < -0.39 is 0 Å². The summed E-state index contributed by atoms with van der Waals surface area (Å²) >= 11 is 0. The Morgan fingerprint density at radius 3 is 2.33 bits per heavy atom.